The van der Waals surface area contributed by atoms with Crippen molar-refractivity contribution in [2.24, 2.45) is 0 Å². The average molecular weight is 355 g/mol. The molecule has 1 N–H and O–H groups in total. The molecule has 1 aliphatic rings. The van der Waals surface area contributed by atoms with Crippen molar-refractivity contribution in [3.8, 4) is 11.1 Å². The second-order valence-electron chi connectivity index (χ2n) is 6.82. The maximum Gasteiger partial charge on any atom is 0.139 e. The zero-order chi connectivity index (χ0) is 17.4. The minimum atomic E-state index is -0.214. The van der Waals surface area contributed by atoms with Crippen LogP contribution in [0.1, 0.15) is 42.8 Å². The van der Waals surface area contributed by atoms with Gasteiger partial charge >= 0.3 is 0 Å². The molecule has 0 radical (unpaired) electrons. The van der Waals surface area contributed by atoms with E-state index >= 15 is 0 Å². The second-order valence-corrected chi connectivity index (χ2v) is 8.02. The van der Waals surface area contributed by atoms with E-state index in [2.05, 4.69) is 17.2 Å². The molecule has 2 heterocycles. The number of hydrogen-bond acceptors (Lipinski definition) is 4. The summed E-state index contributed by atoms with van der Waals surface area (Å²) in [5.41, 5.74) is 2.14. The second kappa shape index (κ2) is 6.71. The van der Waals surface area contributed by atoms with Crippen molar-refractivity contribution in [1.82, 2.24) is 9.97 Å². The van der Waals surface area contributed by atoms with Gasteiger partial charge in [-0.2, -0.15) is 0 Å². The van der Waals surface area contributed by atoms with Crippen LogP contribution in [-0.4, -0.2) is 16.0 Å². The molecule has 5 heteroatoms. The van der Waals surface area contributed by atoms with Crippen LogP contribution in [0, 0.1) is 19.7 Å². The van der Waals surface area contributed by atoms with E-state index in [1.165, 1.54) is 49.1 Å². The Kier molecular flexibility index (Phi) is 4.42. The Morgan fingerprint density at radius 1 is 1.04 bits per heavy atom. The van der Waals surface area contributed by atoms with Gasteiger partial charge in [0.25, 0.3) is 0 Å². The molecule has 1 aliphatic carbocycles. The summed E-state index contributed by atoms with van der Waals surface area (Å²) in [5, 5.41) is 4.76. The molecule has 0 bridgehead atoms. The van der Waals surface area contributed by atoms with Crippen LogP contribution in [0.15, 0.2) is 24.3 Å². The lowest BCUT2D eigenvalue weighted by molar-refractivity contribution is 0.462. The number of benzene rings is 1. The minimum Gasteiger partial charge on any atom is -0.367 e. The molecule has 0 unspecified atom stereocenters. The number of halogens is 1. The average Bonchev–Trinajstić information content (AvgIpc) is 2.92. The normalized spacial score (nSPS) is 15.6. The molecule has 1 fully saturated rings. The van der Waals surface area contributed by atoms with Gasteiger partial charge in [-0.25, -0.2) is 14.4 Å². The highest BCUT2D eigenvalue weighted by Gasteiger charge is 2.20. The summed E-state index contributed by atoms with van der Waals surface area (Å²) >= 11 is 1.68. The molecule has 0 spiro atoms. The fraction of sp³-hybridized carbons (Fsp3) is 0.400. The quantitative estimate of drug-likeness (QED) is 0.639. The molecule has 0 aliphatic heterocycles. The van der Waals surface area contributed by atoms with Crippen LogP contribution in [0.2, 0.25) is 0 Å². The topological polar surface area (TPSA) is 37.8 Å². The molecule has 2 aromatic heterocycles. The Hall–Kier alpha value is -2.01. The maximum atomic E-state index is 13.3. The third-order valence-electron chi connectivity index (χ3n) is 4.92. The van der Waals surface area contributed by atoms with Crippen LogP contribution in [-0.2, 0) is 0 Å². The van der Waals surface area contributed by atoms with Crippen LogP contribution in [0.25, 0.3) is 21.3 Å². The van der Waals surface area contributed by atoms with Crippen LogP contribution >= 0.6 is 11.3 Å². The number of anilines is 1. The largest absolute Gasteiger partial charge is 0.367 e. The summed E-state index contributed by atoms with van der Waals surface area (Å²) in [6, 6.07) is 7.19. The van der Waals surface area contributed by atoms with E-state index in [1.54, 1.807) is 11.3 Å². The first-order valence-corrected chi connectivity index (χ1v) is 9.73. The van der Waals surface area contributed by atoms with E-state index < -0.39 is 0 Å². The molecule has 130 valence electrons. The van der Waals surface area contributed by atoms with Crippen molar-refractivity contribution < 1.29 is 4.39 Å². The molecule has 4 rings (SSSR count). The first-order chi connectivity index (χ1) is 12.1. The molecule has 3 aromatic rings. The van der Waals surface area contributed by atoms with Gasteiger partial charge in [-0.15, -0.1) is 11.3 Å². The predicted octanol–water partition coefficient (Wildman–Crippen LogP) is 5.86. The van der Waals surface area contributed by atoms with Gasteiger partial charge in [-0.1, -0.05) is 31.4 Å². The molecule has 0 amide bonds. The van der Waals surface area contributed by atoms with E-state index in [0.29, 0.717) is 6.04 Å². The summed E-state index contributed by atoms with van der Waals surface area (Å²) in [6.07, 6.45) is 6.27. The fourth-order valence-corrected chi connectivity index (χ4v) is 4.82. The van der Waals surface area contributed by atoms with Gasteiger partial charge in [0.05, 0.1) is 5.39 Å². The standard InChI is InChI=1S/C20H22FN3S/c1-12-17(14-8-10-15(21)11-9-14)18-19(22-13(2)23-20(18)25-12)24-16-6-4-3-5-7-16/h8-11,16H,3-7H2,1-2H3,(H,22,23,24). The molecule has 1 aromatic carbocycles. The highest BCUT2D eigenvalue weighted by molar-refractivity contribution is 7.19. The Morgan fingerprint density at radius 3 is 2.48 bits per heavy atom. The fourth-order valence-electron chi connectivity index (χ4n) is 3.73. The van der Waals surface area contributed by atoms with Gasteiger partial charge in [-0.3, -0.25) is 0 Å². The first-order valence-electron chi connectivity index (χ1n) is 8.92. The van der Waals surface area contributed by atoms with Crippen LogP contribution in [0.3, 0.4) is 0 Å². The minimum absolute atomic E-state index is 0.214. The third-order valence-corrected chi connectivity index (χ3v) is 5.92. The number of fused-ring (bicyclic) bond motifs is 1. The molecule has 25 heavy (non-hydrogen) atoms. The SMILES string of the molecule is Cc1nc(NC2CCCCC2)c2c(-c3ccc(F)cc3)c(C)sc2n1. The maximum absolute atomic E-state index is 13.3. The van der Waals surface area contributed by atoms with Crippen molar-refractivity contribution in [3.05, 3.63) is 40.8 Å². The van der Waals surface area contributed by atoms with Gasteiger partial charge < -0.3 is 5.32 Å². The lowest BCUT2D eigenvalue weighted by Gasteiger charge is -2.24. The Bertz CT molecular complexity index is 895. The molecule has 3 nitrogen and oxygen atoms in total. The van der Waals surface area contributed by atoms with E-state index in [-0.39, 0.29) is 5.82 Å². The number of aromatic nitrogens is 2. The molecular formula is C20H22FN3S. The smallest absolute Gasteiger partial charge is 0.139 e. The zero-order valence-corrected chi connectivity index (χ0v) is 15.4. The highest BCUT2D eigenvalue weighted by Crippen LogP contribution is 2.41. The van der Waals surface area contributed by atoms with Crippen LogP contribution < -0.4 is 5.32 Å². The Balaban J connectivity index is 1.85. The number of thiophene rings is 1. The zero-order valence-electron chi connectivity index (χ0n) is 14.6. The Labute approximate surface area is 151 Å². The molecule has 0 saturated heterocycles. The van der Waals surface area contributed by atoms with E-state index in [1.807, 2.05) is 19.1 Å². The van der Waals surface area contributed by atoms with Gasteiger partial charge in [0.15, 0.2) is 0 Å². The van der Waals surface area contributed by atoms with Gasteiger partial charge in [0.2, 0.25) is 0 Å². The van der Waals surface area contributed by atoms with E-state index in [0.717, 1.165) is 33.0 Å². The lowest BCUT2D eigenvalue weighted by atomic mass is 9.95. The van der Waals surface area contributed by atoms with E-state index in [9.17, 15) is 4.39 Å². The Morgan fingerprint density at radius 2 is 1.76 bits per heavy atom. The molecular weight excluding hydrogens is 333 g/mol. The lowest BCUT2D eigenvalue weighted by Crippen LogP contribution is -2.23. The van der Waals surface area contributed by atoms with Crippen molar-refractivity contribution in [2.45, 2.75) is 52.0 Å². The van der Waals surface area contributed by atoms with Crippen LogP contribution in [0.4, 0.5) is 10.2 Å². The van der Waals surface area contributed by atoms with Gasteiger partial charge in [-0.05, 0) is 44.4 Å². The van der Waals surface area contributed by atoms with Gasteiger partial charge in [0, 0.05) is 16.5 Å². The number of nitrogens with one attached hydrogen (secondary N) is 1. The van der Waals surface area contributed by atoms with Crippen molar-refractivity contribution in [3.63, 3.8) is 0 Å². The molecule has 1 saturated carbocycles. The van der Waals surface area contributed by atoms with Crippen LogP contribution in [0.5, 0.6) is 0 Å². The number of rotatable bonds is 3. The number of aryl methyl sites for hydroxylation is 2. The van der Waals surface area contributed by atoms with E-state index in [4.69, 9.17) is 4.98 Å². The number of hydrogen-bond donors (Lipinski definition) is 1. The molecule has 0 atom stereocenters. The summed E-state index contributed by atoms with van der Waals surface area (Å²) < 4.78 is 13.3. The summed E-state index contributed by atoms with van der Waals surface area (Å²) in [5.74, 6) is 1.50. The van der Waals surface area contributed by atoms with Crippen molar-refractivity contribution in [2.75, 3.05) is 5.32 Å². The first kappa shape index (κ1) is 16.5. The summed E-state index contributed by atoms with van der Waals surface area (Å²) in [6.45, 7) is 4.04. The predicted molar refractivity (Wildman–Crippen MR) is 103 cm³/mol. The van der Waals surface area contributed by atoms with Crippen molar-refractivity contribution in [1.29, 1.82) is 0 Å². The third kappa shape index (κ3) is 3.25. The summed E-state index contributed by atoms with van der Waals surface area (Å²) in [7, 11) is 0. The monoisotopic (exact) mass is 355 g/mol. The highest BCUT2D eigenvalue weighted by atomic mass is 32.1. The summed E-state index contributed by atoms with van der Waals surface area (Å²) in [4.78, 5) is 11.6. The van der Waals surface area contributed by atoms with Crippen molar-refractivity contribution >= 4 is 27.4 Å². The number of nitrogens with zero attached hydrogens (tertiary/aromatic N) is 2. The van der Waals surface area contributed by atoms with Gasteiger partial charge in [0.1, 0.15) is 22.3 Å².